The van der Waals surface area contributed by atoms with E-state index < -0.39 is 10.4 Å². The normalized spacial score (nSPS) is 13.7. The summed E-state index contributed by atoms with van der Waals surface area (Å²) in [6.45, 7) is 0. The Hall–Kier alpha value is -2.37. The topological polar surface area (TPSA) is 63.6 Å². The molecule has 1 N–H and O–H groups in total. The van der Waals surface area contributed by atoms with Crippen LogP contribution in [0.15, 0.2) is 48.5 Å². The van der Waals surface area contributed by atoms with Crippen LogP contribution in [-0.4, -0.2) is 13.0 Å². The van der Waals surface area contributed by atoms with Crippen molar-refractivity contribution in [2.75, 3.05) is 0 Å². The molecule has 4 rings (SSSR count). The molecule has 0 radical (unpaired) electrons. The second-order valence-electron chi connectivity index (χ2n) is 5.29. The van der Waals surface area contributed by atoms with E-state index in [1.165, 1.54) is 16.5 Å². The second-order valence-corrected chi connectivity index (χ2v) is 6.32. The lowest BCUT2D eigenvalue weighted by Gasteiger charge is -2.10. The van der Waals surface area contributed by atoms with E-state index in [1.807, 2.05) is 18.2 Å². The molecule has 0 bridgehead atoms. The van der Waals surface area contributed by atoms with Gasteiger partial charge in [-0.15, -0.1) is 0 Å². The minimum atomic E-state index is -4.50. The summed E-state index contributed by atoms with van der Waals surface area (Å²) < 4.78 is 34.9. The molecule has 1 aliphatic carbocycles. The maximum absolute atomic E-state index is 10.8. The summed E-state index contributed by atoms with van der Waals surface area (Å²) in [4.78, 5) is 0. The molecule has 3 aromatic carbocycles. The van der Waals surface area contributed by atoms with Gasteiger partial charge in [-0.25, -0.2) is 0 Å². The highest BCUT2D eigenvalue weighted by molar-refractivity contribution is 7.81. The van der Waals surface area contributed by atoms with Gasteiger partial charge in [-0.05, 0) is 51.2 Å². The van der Waals surface area contributed by atoms with Crippen molar-refractivity contribution in [2.45, 2.75) is 6.42 Å². The molecule has 0 saturated heterocycles. The van der Waals surface area contributed by atoms with Crippen LogP contribution in [0.1, 0.15) is 11.1 Å². The predicted molar refractivity (Wildman–Crippen MR) is 86.4 cm³/mol. The first-order valence-electron chi connectivity index (χ1n) is 6.83. The molecule has 0 heterocycles. The van der Waals surface area contributed by atoms with Crippen molar-refractivity contribution >= 4 is 38.0 Å². The van der Waals surface area contributed by atoms with Gasteiger partial charge in [0.1, 0.15) is 5.75 Å². The molecule has 0 aromatic heterocycles. The zero-order valence-electron chi connectivity index (χ0n) is 11.5. The van der Waals surface area contributed by atoms with Crippen molar-refractivity contribution in [3.8, 4) is 5.75 Å². The van der Waals surface area contributed by atoms with Crippen molar-refractivity contribution in [1.82, 2.24) is 0 Å². The van der Waals surface area contributed by atoms with E-state index in [1.54, 1.807) is 12.1 Å². The minimum Gasteiger partial charge on any atom is -0.362 e. The maximum atomic E-state index is 10.8. The fourth-order valence-corrected chi connectivity index (χ4v) is 3.41. The smallest absolute Gasteiger partial charge is 0.362 e. The van der Waals surface area contributed by atoms with Crippen LogP contribution in [0.2, 0.25) is 0 Å². The third-order valence-electron chi connectivity index (χ3n) is 3.96. The fourth-order valence-electron chi connectivity index (χ4n) is 3.07. The zero-order valence-corrected chi connectivity index (χ0v) is 12.3. The number of hydrogen-bond donors (Lipinski definition) is 1. The summed E-state index contributed by atoms with van der Waals surface area (Å²) >= 11 is 0. The molecule has 0 spiro atoms. The Kier molecular flexibility index (Phi) is 2.76. The van der Waals surface area contributed by atoms with E-state index in [4.69, 9.17) is 4.55 Å². The monoisotopic (exact) mass is 312 g/mol. The van der Waals surface area contributed by atoms with Crippen molar-refractivity contribution < 1.29 is 17.2 Å². The maximum Gasteiger partial charge on any atom is 0.446 e. The molecule has 4 nitrogen and oxygen atoms in total. The van der Waals surface area contributed by atoms with Crippen LogP contribution in [-0.2, 0) is 16.8 Å². The average molecular weight is 312 g/mol. The van der Waals surface area contributed by atoms with Gasteiger partial charge in [0.15, 0.2) is 0 Å². The van der Waals surface area contributed by atoms with Crippen LogP contribution in [0, 0.1) is 0 Å². The Morgan fingerprint density at radius 1 is 0.955 bits per heavy atom. The lowest BCUT2D eigenvalue weighted by atomic mass is 9.96. The first-order chi connectivity index (χ1) is 10.5. The van der Waals surface area contributed by atoms with Crippen LogP contribution in [0.3, 0.4) is 0 Å². The van der Waals surface area contributed by atoms with Crippen LogP contribution in [0.4, 0.5) is 0 Å². The summed E-state index contributed by atoms with van der Waals surface area (Å²) in [5.74, 6) is 0.0946. The zero-order chi connectivity index (χ0) is 15.3. The van der Waals surface area contributed by atoms with Crippen LogP contribution in [0.5, 0.6) is 5.75 Å². The number of allylic oxidation sites excluding steroid dienone is 1. The van der Waals surface area contributed by atoms with Gasteiger partial charge in [0, 0.05) is 0 Å². The Morgan fingerprint density at radius 2 is 1.73 bits per heavy atom. The van der Waals surface area contributed by atoms with E-state index in [-0.39, 0.29) is 5.75 Å². The van der Waals surface area contributed by atoms with Gasteiger partial charge in [0.2, 0.25) is 0 Å². The molecule has 0 amide bonds. The van der Waals surface area contributed by atoms with Crippen LogP contribution >= 0.6 is 0 Å². The molecular weight excluding hydrogens is 300 g/mol. The summed E-state index contributed by atoms with van der Waals surface area (Å²) in [6.07, 6.45) is 5.21. The molecule has 5 heteroatoms. The van der Waals surface area contributed by atoms with E-state index in [9.17, 15) is 8.42 Å². The molecule has 0 aliphatic heterocycles. The van der Waals surface area contributed by atoms with Gasteiger partial charge >= 0.3 is 10.4 Å². The lowest BCUT2D eigenvalue weighted by molar-refractivity contribution is 0.387. The molecule has 3 aromatic rings. The number of benzene rings is 3. The third-order valence-corrected chi connectivity index (χ3v) is 4.36. The van der Waals surface area contributed by atoms with Gasteiger partial charge in [-0.2, -0.15) is 8.42 Å². The molecular formula is C17H12O4S. The lowest BCUT2D eigenvalue weighted by Crippen LogP contribution is -2.06. The molecule has 22 heavy (non-hydrogen) atoms. The number of hydrogen-bond acceptors (Lipinski definition) is 3. The van der Waals surface area contributed by atoms with Gasteiger partial charge in [0.25, 0.3) is 0 Å². The summed E-state index contributed by atoms with van der Waals surface area (Å²) in [6, 6.07) is 13.1. The Bertz CT molecular complexity index is 1050. The number of fused-ring (bicyclic) bond motifs is 5. The van der Waals surface area contributed by atoms with Gasteiger partial charge < -0.3 is 4.18 Å². The summed E-state index contributed by atoms with van der Waals surface area (Å²) in [5, 5.41) is 4.21. The molecule has 0 fully saturated rings. The van der Waals surface area contributed by atoms with Crippen molar-refractivity contribution in [2.24, 2.45) is 0 Å². The SMILES string of the molecule is O=S(=O)(O)Oc1ccc2c(ccc3c4c(ccc32)C=CC4)c1. The Balaban J connectivity index is 1.94. The van der Waals surface area contributed by atoms with E-state index >= 15 is 0 Å². The highest BCUT2D eigenvalue weighted by Crippen LogP contribution is 2.34. The largest absolute Gasteiger partial charge is 0.446 e. The van der Waals surface area contributed by atoms with E-state index in [0.29, 0.717) is 0 Å². The predicted octanol–water partition coefficient (Wildman–Crippen LogP) is 3.74. The third kappa shape index (κ3) is 2.15. The van der Waals surface area contributed by atoms with E-state index in [2.05, 4.69) is 28.5 Å². The van der Waals surface area contributed by atoms with Gasteiger partial charge in [0.05, 0.1) is 0 Å². The fraction of sp³-hybridized carbons (Fsp3) is 0.0588. The first kappa shape index (κ1) is 13.3. The summed E-state index contributed by atoms with van der Waals surface area (Å²) in [7, 11) is -4.50. The molecule has 0 atom stereocenters. The van der Waals surface area contributed by atoms with E-state index in [0.717, 1.165) is 22.6 Å². The molecule has 1 aliphatic rings. The molecule has 0 saturated carbocycles. The molecule has 0 unspecified atom stereocenters. The van der Waals surface area contributed by atoms with Crippen molar-refractivity contribution in [3.05, 3.63) is 59.7 Å². The highest BCUT2D eigenvalue weighted by atomic mass is 32.3. The Labute approximate surface area is 127 Å². The second kappa shape index (κ2) is 4.56. The van der Waals surface area contributed by atoms with Crippen molar-refractivity contribution in [3.63, 3.8) is 0 Å². The average Bonchev–Trinajstić information content (AvgIpc) is 2.93. The number of rotatable bonds is 2. The molecule has 110 valence electrons. The first-order valence-corrected chi connectivity index (χ1v) is 8.20. The van der Waals surface area contributed by atoms with Crippen LogP contribution < -0.4 is 4.18 Å². The van der Waals surface area contributed by atoms with Gasteiger partial charge in [-0.1, -0.05) is 42.5 Å². The minimum absolute atomic E-state index is 0.0946. The summed E-state index contributed by atoms with van der Waals surface area (Å²) in [5.41, 5.74) is 2.57. The van der Waals surface area contributed by atoms with Crippen LogP contribution in [0.25, 0.3) is 27.6 Å². The Morgan fingerprint density at radius 3 is 2.55 bits per heavy atom. The highest BCUT2D eigenvalue weighted by Gasteiger charge is 2.12. The standard InChI is InChI=1S/C17H12O4S/c18-22(19,20)21-13-6-9-15-12(10-13)5-8-16-14-3-1-2-11(14)4-7-17(15)16/h1-2,4-10H,3H2,(H,18,19,20). The van der Waals surface area contributed by atoms with Crippen molar-refractivity contribution in [1.29, 1.82) is 0 Å². The quantitative estimate of drug-likeness (QED) is 0.578. The van der Waals surface area contributed by atoms with Gasteiger partial charge in [-0.3, -0.25) is 4.55 Å².